The average Bonchev–Trinajstić information content (AvgIpc) is 3.25. The van der Waals surface area contributed by atoms with Crippen LogP contribution in [0.25, 0.3) is 10.9 Å². The summed E-state index contributed by atoms with van der Waals surface area (Å²) in [6.07, 6.45) is 5.00. The molecule has 0 spiro atoms. The maximum absolute atomic E-state index is 12.7. The Balaban J connectivity index is 1.39. The summed E-state index contributed by atoms with van der Waals surface area (Å²) in [5.74, 6) is 0.153. The molecule has 2 aliphatic heterocycles. The zero-order valence-electron chi connectivity index (χ0n) is 15.6. The Kier molecular flexibility index (Phi) is 5.48. The smallest absolute Gasteiger partial charge is 0.261 e. The van der Waals surface area contributed by atoms with Crippen LogP contribution in [0.3, 0.4) is 0 Å². The van der Waals surface area contributed by atoms with Crippen LogP contribution >= 0.6 is 15.9 Å². The second-order valence-electron chi connectivity index (χ2n) is 7.53. The predicted molar refractivity (Wildman–Crippen MR) is 109 cm³/mol. The SMILES string of the molecule is O=C(Cn1cnc2ccc(Br)cc2c1=O)N1CCC(C(=O)N2CCCC2)CC1. The van der Waals surface area contributed by atoms with Crippen molar-refractivity contribution in [2.75, 3.05) is 26.2 Å². The van der Waals surface area contributed by atoms with Crippen LogP contribution in [0.2, 0.25) is 0 Å². The maximum Gasteiger partial charge on any atom is 0.261 e. The maximum atomic E-state index is 12.7. The molecule has 0 aliphatic carbocycles. The van der Waals surface area contributed by atoms with Crippen molar-refractivity contribution >= 4 is 38.6 Å². The molecule has 28 heavy (non-hydrogen) atoms. The lowest BCUT2D eigenvalue weighted by atomic mass is 9.95. The van der Waals surface area contributed by atoms with Crippen LogP contribution in [0.1, 0.15) is 25.7 Å². The Morgan fingerprint density at radius 2 is 1.79 bits per heavy atom. The van der Waals surface area contributed by atoms with Crippen molar-refractivity contribution in [2.45, 2.75) is 32.2 Å². The molecule has 1 aromatic carbocycles. The van der Waals surface area contributed by atoms with Gasteiger partial charge in [0, 0.05) is 36.6 Å². The lowest BCUT2D eigenvalue weighted by molar-refractivity contribution is -0.140. The van der Waals surface area contributed by atoms with Crippen molar-refractivity contribution in [1.29, 1.82) is 0 Å². The van der Waals surface area contributed by atoms with E-state index in [0.717, 1.165) is 30.4 Å². The van der Waals surface area contributed by atoms with Crippen LogP contribution in [0.4, 0.5) is 0 Å². The van der Waals surface area contributed by atoms with Gasteiger partial charge >= 0.3 is 0 Å². The molecular weight excluding hydrogens is 424 g/mol. The van der Waals surface area contributed by atoms with Crippen LogP contribution in [-0.4, -0.2) is 57.3 Å². The molecule has 2 fully saturated rings. The number of benzene rings is 1. The number of halogens is 1. The van der Waals surface area contributed by atoms with Gasteiger partial charge in [-0.25, -0.2) is 4.98 Å². The first kappa shape index (κ1) is 19.1. The first-order chi connectivity index (χ1) is 13.5. The lowest BCUT2D eigenvalue weighted by Crippen LogP contribution is -2.45. The van der Waals surface area contributed by atoms with Crippen LogP contribution in [-0.2, 0) is 16.1 Å². The zero-order chi connectivity index (χ0) is 19.7. The number of rotatable bonds is 3. The fourth-order valence-corrected chi connectivity index (χ4v) is 4.42. The molecule has 0 bridgehead atoms. The predicted octanol–water partition coefficient (Wildman–Crippen LogP) is 2.02. The third-order valence-electron chi connectivity index (χ3n) is 5.71. The molecule has 7 nitrogen and oxygen atoms in total. The van der Waals surface area contributed by atoms with Gasteiger partial charge in [-0.05, 0) is 43.9 Å². The summed E-state index contributed by atoms with van der Waals surface area (Å²) in [5, 5.41) is 0.486. The van der Waals surface area contributed by atoms with Crippen molar-refractivity contribution in [2.24, 2.45) is 5.92 Å². The number of aromatic nitrogens is 2. The Morgan fingerprint density at radius 3 is 2.50 bits per heavy atom. The van der Waals surface area contributed by atoms with E-state index < -0.39 is 0 Å². The summed E-state index contributed by atoms with van der Waals surface area (Å²) in [6, 6.07) is 5.33. The van der Waals surface area contributed by atoms with Crippen LogP contribution in [0.5, 0.6) is 0 Å². The summed E-state index contributed by atoms with van der Waals surface area (Å²) >= 11 is 3.36. The first-order valence-electron chi connectivity index (χ1n) is 9.74. The van der Waals surface area contributed by atoms with E-state index in [9.17, 15) is 14.4 Å². The largest absolute Gasteiger partial charge is 0.342 e. The van der Waals surface area contributed by atoms with E-state index in [0.29, 0.717) is 36.8 Å². The second kappa shape index (κ2) is 8.03. The van der Waals surface area contributed by atoms with E-state index in [-0.39, 0.29) is 29.8 Å². The Labute approximate surface area is 171 Å². The fourth-order valence-electron chi connectivity index (χ4n) is 4.06. The monoisotopic (exact) mass is 446 g/mol. The molecule has 4 rings (SSSR count). The highest BCUT2D eigenvalue weighted by atomic mass is 79.9. The van der Waals surface area contributed by atoms with Crippen molar-refractivity contribution in [3.63, 3.8) is 0 Å². The average molecular weight is 447 g/mol. The molecule has 2 saturated heterocycles. The molecule has 2 aliphatic rings. The van der Waals surface area contributed by atoms with E-state index in [1.807, 2.05) is 11.0 Å². The van der Waals surface area contributed by atoms with Gasteiger partial charge in [-0.15, -0.1) is 0 Å². The molecule has 1 aromatic heterocycles. The van der Waals surface area contributed by atoms with Crippen LogP contribution in [0, 0.1) is 5.92 Å². The highest BCUT2D eigenvalue weighted by Gasteiger charge is 2.31. The zero-order valence-corrected chi connectivity index (χ0v) is 17.2. The Bertz CT molecular complexity index is 960. The van der Waals surface area contributed by atoms with Crippen molar-refractivity contribution < 1.29 is 9.59 Å². The minimum absolute atomic E-state index is 0.0181. The minimum atomic E-state index is -0.223. The van der Waals surface area contributed by atoms with E-state index in [1.165, 1.54) is 10.9 Å². The van der Waals surface area contributed by atoms with Crippen molar-refractivity contribution in [3.05, 3.63) is 39.4 Å². The minimum Gasteiger partial charge on any atom is -0.342 e. The van der Waals surface area contributed by atoms with Gasteiger partial charge < -0.3 is 9.80 Å². The summed E-state index contributed by atoms with van der Waals surface area (Å²) in [5.41, 5.74) is 0.386. The van der Waals surface area contributed by atoms with Gasteiger partial charge in [0.1, 0.15) is 6.54 Å². The van der Waals surface area contributed by atoms with Gasteiger partial charge in [0.05, 0.1) is 17.2 Å². The molecule has 0 atom stereocenters. The third kappa shape index (κ3) is 3.83. The number of carbonyl (C=O) groups excluding carboxylic acids is 2. The lowest BCUT2D eigenvalue weighted by Gasteiger charge is -2.33. The second-order valence-corrected chi connectivity index (χ2v) is 8.44. The van der Waals surface area contributed by atoms with Gasteiger partial charge in [0.15, 0.2) is 0 Å². The number of amides is 2. The molecule has 0 unspecified atom stereocenters. The Morgan fingerprint density at radius 1 is 1.07 bits per heavy atom. The van der Waals surface area contributed by atoms with Gasteiger partial charge in [-0.1, -0.05) is 15.9 Å². The third-order valence-corrected chi connectivity index (χ3v) is 6.20. The van der Waals surface area contributed by atoms with Gasteiger partial charge in [-0.2, -0.15) is 0 Å². The van der Waals surface area contributed by atoms with E-state index >= 15 is 0 Å². The Hall–Kier alpha value is -2.22. The molecule has 3 heterocycles. The summed E-state index contributed by atoms with van der Waals surface area (Å²) in [7, 11) is 0. The first-order valence-corrected chi connectivity index (χ1v) is 10.5. The standard InChI is InChI=1S/C20H23BrN4O3/c21-15-3-4-17-16(11-15)20(28)25(13-22-17)12-18(26)23-9-5-14(6-10-23)19(27)24-7-1-2-8-24/h3-4,11,13-14H,1-2,5-10,12H2. The molecule has 0 N–H and O–H groups in total. The normalized spacial score (nSPS) is 18.0. The van der Waals surface area contributed by atoms with Crippen LogP contribution < -0.4 is 5.56 Å². The molecule has 148 valence electrons. The van der Waals surface area contributed by atoms with E-state index in [1.54, 1.807) is 17.0 Å². The quantitative estimate of drug-likeness (QED) is 0.722. The van der Waals surface area contributed by atoms with E-state index in [4.69, 9.17) is 0 Å². The summed E-state index contributed by atoms with van der Waals surface area (Å²) in [6.45, 7) is 2.83. The number of piperidine rings is 1. The van der Waals surface area contributed by atoms with Crippen molar-refractivity contribution in [1.82, 2.24) is 19.4 Å². The number of fused-ring (bicyclic) bond motifs is 1. The van der Waals surface area contributed by atoms with Crippen LogP contribution in [0.15, 0.2) is 33.8 Å². The highest BCUT2D eigenvalue weighted by Crippen LogP contribution is 2.22. The molecular formula is C20H23BrN4O3. The number of hydrogen-bond donors (Lipinski definition) is 0. The molecule has 2 amide bonds. The highest BCUT2D eigenvalue weighted by molar-refractivity contribution is 9.10. The number of hydrogen-bond acceptors (Lipinski definition) is 4. The fraction of sp³-hybridized carbons (Fsp3) is 0.500. The molecule has 2 aromatic rings. The van der Waals surface area contributed by atoms with Crippen molar-refractivity contribution in [3.8, 4) is 0 Å². The van der Waals surface area contributed by atoms with Gasteiger partial charge in [0.2, 0.25) is 11.8 Å². The van der Waals surface area contributed by atoms with E-state index in [2.05, 4.69) is 20.9 Å². The molecule has 0 radical (unpaired) electrons. The molecule has 8 heteroatoms. The number of nitrogens with zero attached hydrogens (tertiary/aromatic N) is 4. The number of carbonyl (C=O) groups is 2. The van der Waals surface area contributed by atoms with Gasteiger partial charge in [-0.3, -0.25) is 19.0 Å². The summed E-state index contributed by atoms with van der Waals surface area (Å²) < 4.78 is 2.16. The number of likely N-dealkylation sites (tertiary alicyclic amines) is 2. The molecule has 0 saturated carbocycles. The topological polar surface area (TPSA) is 75.5 Å². The van der Waals surface area contributed by atoms with Gasteiger partial charge in [0.25, 0.3) is 5.56 Å². The summed E-state index contributed by atoms with van der Waals surface area (Å²) in [4.78, 5) is 45.9.